The first-order valence-corrected chi connectivity index (χ1v) is 6.62. The molecule has 1 aromatic carbocycles. The van der Waals surface area contributed by atoms with Crippen LogP contribution in [0, 0.1) is 5.41 Å². The highest BCUT2D eigenvalue weighted by molar-refractivity contribution is 8.17. The Hall–Kier alpha value is -1.74. The monoisotopic (exact) mass is 256 g/mol. The van der Waals surface area contributed by atoms with Gasteiger partial charge >= 0.3 is 0 Å². The fourth-order valence-electron chi connectivity index (χ4n) is 1.82. The number of amidine groups is 1. The molecule has 0 saturated carbocycles. The molecule has 0 spiro atoms. The SMILES string of the molecule is C=C/C(=C/c1ccc2c(c1)C=CC2)SC(=N)NC. The van der Waals surface area contributed by atoms with Crippen molar-refractivity contribution >= 4 is 29.1 Å². The average molecular weight is 256 g/mol. The molecule has 0 radical (unpaired) electrons. The van der Waals surface area contributed by atoms with Crippen LogP contribution < -0.4 is 5.32 Å². The van der Waals surface area contributed by atoms with Gasteiger partial charge in [-0.3, -0.25) is 5.41 Å². The van der Waals surface area contributed by atoms with Gasteiger partial charge in [-0.2, -0.15) is 0 Å². The zero-order valence-electron chi connectivity index (χ0n) is 10.4. The van der Waals surface area contributed by atoms with Gasteiger partial charge < -0.3 is 5.32 Å². The first kappa shape index (κ1) is 12.7. The van der Waals surface area contributed by atoms with E-state index in [9.17, 15) is 0 Å². The Kier molecular flexibility index (Phi) is 4.05. The highest BCUT2D eigenvalue weighted by Gasteiger charge is 2.05. The molecule has 0 unspecified atom stereocenters. The molecule has 0 heterocycles. The summed E-state index contributed by atoms with van der Waals surface area (Å²) in [7, 11) is 1.75. The topological polar surface area (TPSA) is 35.9 Å². The number of nitrogens with one attached hydrogen (secondary N) is 2. The minimum Gasteiger partial charge on any atom is -0.368 e. The van der Waals surface area contributed by atoms with Crippen molar-refractivity contribution in [3.63, 3.8) is 0 Å². The third-order valence-corrected chi connectivity index (χ3v) is 3.69. The van der Waals surface area contributed by atoms with E-state index in [1.54, 1.807) is 13.1 Å². The summed E-state index contributed by atoms with van der Waals surface area (Å²) in [4.78, 5) is 0.969. The van der Waals surface area contributed by atoms with E-state index < -0.39 is 0 Å². The summed E-state index contributed by atoms with van der Waals surface area (Å²) in [6.45, 7) is 3.79. The van der Waals surface area contributed by atoms with Gasteiger partial charge in [-0.25, -0.2) is 0 Å². The van der Waals surface area contributed by atoms with Gasteiger partial charge in [0.05, 0.1) is 0 Å². The standard InChI is InChI=1S/C15H16N2S/c1-3-14(18-15(16)17-2)10-11-7-8-12-5-4-6-13(12)9-11/h3-4,6-10H,1,5H2,2H3,(H2,16,17)/b14-10-. The van der Waals surface area contributed by atoms with Crippen LogP contribution >= 0.6 is 11.8 Å². The van der Waals surface area contributed by atoms with Gasteiger partial charge in [0.25, 0.3) is 0 Å². The maximum atomic E-state index is 7.61. The van der Waals surface area contributed by atoms with E-state index in [1.807, 2.05) is 0 Å². The largest absolute Gasteiger partial charge is 0.368 e. The lowest BCUT2D eigenvalue weighted by Gasteiger charge is -2.05. The van der Waals surface area contributed by atoms with Crippen molar-refractivity contribution in [2.24, 2.45) is 0 Å². The summed E-state index contributed by atoms with van der Waals surface area (Å²) in [5, 5.41) is 10.8. The number of hydrogen-bond donors (Lipinski definition) is 2. The van der Waals surface area contributed by atoms with E-state index in [2.05, 4.69) is 48.3 Å². The van der Waals surface area contributed by atoms with Crippen LogP contribution in [0.4, 0.5) is 0 Å². The summed E-state index contributed by atoms with van der Waals surface area (Å²) in [5.41, 5.74) is 3.82. The van der Waals surface area contributed by atoms with Crippen LogP contribution in [0.15, 0.2) is 41.8 Å². The number of allylic oxidation sites excluding steroid dienone is 2. The highest BCUT2D eigenvalue weighted by Crippen LogP contribution is 2.24. The minimum atomic E-state index is 0.419. The van der Waals surface area contributed by atoms with Gasteiger partial charge in [-0.15, -0.1) is 0 Å². The molecule has 2 nitrogen and oxygen atoms in total. The predicted molar refractivity (Wildman–Crippen MR) is 81.7 cm³/mol. The Morgan fingerprint density at radius 1 is 1.50 bits per heavy atom. The second-order valence-electron chi connectivity index (χ2n) is 4.00. The predicted octanol–water partition coefficient (Wildman–Crippen LogP) is 3.67. The van der Waals surface area contributed by atoms with Crippen LogP contribution in [0.3, 0.4) is 0 Å². The van der Waals surface area contributed by atoms with Gasteiger partial charge in [0, 0.05) is 12.0 Å². The number of benzene rings is 1. The third-order valence-electron chi connectivity index (χ3n) is 2.76. The molecular weight excluding hydrogens is 240 g/mol. The Morgan fingerprint density at radius 2 is 2.33 bits per heavy atom. The molecule has 0 aromatic heterocycles. The molecule has 0 amide bonds. The van der Waals surface area contributed by atoms with Crippen molar-refractivity contribution < 1.29 is 0 Å². The van der Waals surface area contributed by atoms with Crippen molar-refractivity contribution in [2.75, 3.05) is 7.05 Å². The fourth-order valence-corrected chi connectivity index (χ4v) is 2.44. The van der Waals surface area contributed by atoms with Crippen molar-refractivity contribution in [2.45, 2.75) is 6.42 Å². The normalized spacial score (nSPS) is 13.3. The lowest BCUT2D eigenvalue weighted by Crippen LogP contribution is -2.11. The molecule has 2 rings (SSSR count). The smallest absolute Gasteiger partial charge is 0.158 e. The zero-order valence-corrected chi connectivity index (χ0v) is 11.2. The lowest BCUT2D eigenvalue weighted by molar-refractivity contribution is 1.18. The van der Waals surface area contributed by atoms with E-state index in [1.165, 1.54) is 22.9 Å². The molecule has 0 saturated heterocycles. The minimum absolute atomic E-state index is 0.419. The third kappa shape index (κ3) is 2.93. The summed E-state index contributed by atoms with van der Waals surface area (Å²) in [5.74, 6) is 0. The van der Waals surface area contributed by atoms with E-state index in [4.69, 9.17) is 5.41 Å². The maximum absolute atomic E-state index is 7.61. The molecule has 0 aliphatic heterocycles. The van der Waals surface area contributed by atoms with Crippen molar-refractivity contribution in [3.8, 4) is 0 Å². The summed E-state index contributed by atoms with van der Waals surface area (Å²) in [6.07, 6.45) is 9.20. The van der Waals surface area contributed by atoms with Crippen LogP contribution in [0.25, 0.3) is 12.2 Å². The van der Waals surface area contributed by atoms with E-state index in [0.717, 1.165) is 16.9 Å². The molecule has 2 N–H and O–H groups in total. The Balaban J connectivity index is 2.22. The van der Waals surface area contributed by atoms with E-state index >= 15 is 0 Å². The molecule has 92 valence electrons. The fraction of sp³-hybridized carbons (Fsp3) is 0.133. The molecule has 0 atom stereocenters. The van der Waals surface area contributed by atoms with Gasteiger partial charge in [0.2, 0.25) is 0 Å². The Morgan fingerprint density at radius 3 is 3.06 bits per heavy atom. The van der Waals surface area contributed by atoms with Crippen LogP contribution in [-0.2, 0) is 6.42 Å². The quantitative estimate of drug-likeness (QED) is 0.492. The van der Waals surface area contributed by atoms with Crippen molar-refractivity contribution in [3.05, 3.63) is 58.5 Å². The Labute approximate surface area is 112 Å². The second-order valence-corrected chi connectivity index (χ2v) is 5.08. The molecular formula is C15H16N2S. The summed E-state index contributed by atoms with van der Waals surface area (Å²) in [6, 6.07) is 6.45. The van der Waals surface area contributed by atoms with Gasteiger partial charge in [0.1, 0.15) is 0 Å². The summed E-state index contributed by atoms with van der Waals surface area (Å²) < 4.78 is 0. The Bertz CT molecular complexity index is 541. The van der Waals surface area contributed by atoms with Crippen LogP contribution in [0.5, 0.6) is 0 Å². The average Bonchev–Trinajstić information content (AvgIpc) is 2.85. The maximum Gasteiger partial charge on any atom is 0.158 e. The molecule has 0 bridgehead atoms. The zero-order chi connectivity index (χ0) is 13.0. The van der Waals surface area contributed by atoms with Crippen LogP contribution in [0.1, 0.15) is 16.7 Å². The van der Waals surface area contributed by atoms with E-state index in [-0.39, 0.29) is 0 Å². The number of fused-ring (bicyclic) bond motifs is 1. The number of hydrogen-bond acceptors (Lipinski definition) is 2. The first-order chi connectivity index (χ1) is 8.72. The molecule has 18 heavy (non-hydrogen) atoms. The van der Waals surface area contributed by atoms with Crippen molar-refractivity contribution in [1.82, 2.24) is 5.32 Å². The van der Waals surface area contributed by atoms with Gasteiger partial charge in [-0.05, 0) is 35.3 Å². The van der Waals surface area contributed by atoms with Gasteiger partial charge in [-0.1, -0.05) is 48.7 Å². The molecule has 1 aromatic rings. The number of rotatable bonds is 3. The number of thioether (sulfide) groups is 1. The lowest BCUT2D eigenvalue weighted by atomic mass is 10.1. The van der Waals surface area contributed by atoms with E-state index in [0.29, 0.717) is 5.17 Å². The van der Waals surface area contributed by atoms with Crippen LogP contribution in [-0.4, -0.2) is 12.2 Å². The van der Waals surface area contributed by atoms with Gasteiger partial charge in [0.15, 0.2) is 5.17 Å². The second kappa shape index (κ2) is 5.74. The molecule has 1 aliphatic rings. The molecule has 3 heteroatoms. The van der Waals surface area contributed by atoms with Crippen LogP contribution in [0.2, 0.25) is 0 Å². The molecule has 0 fully saturated rings. The highest BCUT2D eigenvalue weighted by atomic mass is 32.2. The molecule has 1 aliphatic carbocycles. The summed E-state index contributed by atoms with van der Waals surface area (Å²) >= 11 is 1.37. The van der Waals surface area contributed by atoms with Crippen molar-refractivity contribution in [1.29, 1.82) is 5.41 Å². The first-order valence-electron chi connectivity index (χ1n) is 5.80.